The van der Waals surface area contributed by atoms with Crippen molar-refractivity contribution in [2.45, 2.75) is 39.3 Å². The van der Waals surface area contributed by atoms with Crippen molar-refractivity contribution in [1.29, 1.82) is 0 Å². The van der Waals surface area contributed by atoms with Gasteiger partial charge in [0.25, 0.3) is 0 Å². The molecule has 1 aliphatic heterocycles. The molecule has 0 spiro atoms. The fraction of sp³-hybridized carbons (Fsp3) is 0.417. The molecule has 0 bridgehead atoms. The number of hydrogen-bond donors (Lipinski definition) is 2. The number of carbonyl (C=O) groups excluding carboxylic acids is 2. The maximum Gasteiger partial charge on any atom is 0.224 e. The third kappa shape index (κ3) is 6.97. The smallest absolute Gasteiger partial charge is 0.224 e. The van der Waals surface area contributed by atoms with Gasteiger partial charge in [0.15, 0.2) is 0 Å². The zero-order valence-electron chi connectivity index (χ0n) is 17.8. The number of ether oxygens (including phenoxy) is 1. The molecule has 1 atom stereocenters. The fourth-order valence-corrected chi connectivity index (χ4v) is 3.62. The first-order chi connectivity index (χ1) is 14.5. The molecular weight excluding hydrogens is 378 g/mol. The lowest BCUT2D eigenvalue weighted by Gasteiger charge is -2.33. The van der Waals surface area contributed by atoms with Crippen molar-refractivity contribution >= 4 is 17.5 Å². The van der Waals surface area contributed by atoms with Crippen molar-refractivity contribution in [3.63, 3.8) is 0 Å². The molecule has 30 heavy (non-hydrogen) atoms. The summed E-state index contributed by atoms with van der Waals surface area (Å²) in [6.45, 7) is 7.39. The van der Waals surface area contributed by atoms with Crippen LogP contribution in [0.3, 0.4) is 0 Å². The molecule has 2 aromatic carbocycles. The highest BCUT2D eigenvalue weighted by molar-refractivity contribution is 5.89. The highest BCUT2D eigenvalue weighted by atomic mass is 16.5. The minimum absolute atomic E-state index is 0.0108. The van der Waals surface area contributed by atoms with Gasteiger partial charge in [0.1, 0.15) is 0 Å². The monoisotopic (exact) mass is 409 g/mol. The van der Waals surface area contributed by atoms with Gasteiger partial charge in [-0.15, -0.1) is 0 Å². The molecule has 0 saturated carbocycles. The third-order valence-corrected chi connectivity index (χ3v) is 5.20. The van der Waals surface area contributed by atoms with Gasteiger partial charge in [0, 0.05) is 38.8 Å². The number of amides is 2. The van der Waals surface area contributed by atoms with Crippen LogP contribution < -0.4 is 10.6 Å². The molecule has 1 saturated heterocycles. The van der Waals surface area contributed by atoms with E-state index in [0.29, 0.717) is 18.8 Å². The van der Waals surface area contributed by atoms with Crippen LogP contribution in [0.5, 0.6) is 0 Å². The molecule has 160 valence electrons. The molecule has 1 heterocycles. The molecular formula is C24H31N3O3. The lowest BCUT2D eigenvalue weighted by atomic mass is 10.1. The molecule has 1 aliphatic rings. The van der Waals surface area contributed by atoms with Crippen LogP contribution >= 0.6 is 0 Å². The second kappa shape index (κ2) is 10.9. The molecule has 0 radical (unpaired) electrons. The van der Waals surface area contributed by atoms with Gasteiger partial charge >= 0.3 is 0 Å². The zero-order chi connectivity index (χ0) is 21.3. The van der Waals surface area contributed by atoms with Crippen LogP contribution in [-0.2, 0) is 33.7 Å². The Bertz CT molecular complexity index is 851. The summed E-state index contributed by atoms with van der Waals surface area (Å²) >= 11 is 0. The molecule has 2 aromatic rings. The normalized spacial score (nSPS) is 16.8. The zero-order valence-corrected chi connectivity index (χ0v) is 17.8. The number of hydrogen-bond acceptors (Lipinski definition) is 4. The summed E-state index contributed by atoms with van der Waals surface area (Å²) in [6.07, 6.45) is 1.31. The van der Waals surface area contributed by atoms with Gasteiger partial charge in [0.2, 0.25) is 11.8 Å². The van der Waals surface area contributed by atoms with E-state index in [2.05, 4.69) is 46.7 Å². The molecule has 0 aromatic heterocycles. The van der Waals surface area contributed by atoms with Gasteiger partial charge in [0.05, 0.1) is 19.1 Å². The van der Waals surface area contributed by atoms with Crippen molar-refractivity contribution < 1.29 is 14.3 Å². The number of carbonyl (C=O) groups is 2. The number of nitrogens with zero attached hydrogens (tertiary/aromatic N) is 1. The van der Waals surface area contributed by atoms with E-state index >= 15 is 0 Å². The van der Waals surface area contributed by atoms with Gasteiger partial charge in [-0.2, -0.15) is 0 Å². The average molecular weight is 410 g/mol. The predicted octanol–water partition coefficient (Wildman–Crippen LogP) is 2.77. The Morgan fingerprint density at radius 2 is 1.87 bits per heavy atom. The summed E-state index contributed by atoms with van der Waals surface area (Å²) in [6, 6.07) is 16.1. The first kappa shape index (κ1) is 22.0. The molecule has 0 unspecified atom stereocenters. The van der Waals surface area contributed by atoms with Crippen molar-refractivity contribution in [3.05, 3.63) is 65.2 Å². The van der Waals surface area contributed by atoms with E-state index in [0.717, 1.165) is 31.6 Å². The van der Waals surface area contributed by atoms with E-state index in [-0.39, 0.29) is 24.3 Å². The second-order valence-corrected chi connectivity index (χ2v) is 7.76. The average Bonchev–Trinajstić information content (AvgIpc) is 2.73. The quantitative estimate of drug-likeness (QED) is 0.703. The van der Waals surface area contributed by atoms with Gasteiger partial charge in [-0.25, -0.2) is 0 Å². The Hall–Kier alpha value is -2.70. The minimum atomic E-state index is -0.128. The number of morpholine rings is 1. The maximum absolute atomic E-state index is 12.4. The summed E-state index contributed by atoms with van der Waals surface area (Å²) in [5, 5.41) is 5.72. The Morgan fingerprint density at radius 1 is 1.10 bits per heavy atom. The van der Waals surface area contributed by atoms with Gasteiger partial charge < -0.3 is 15.4 Å². The van der Waals surface area contributed by atoms with Crippen molar-refractivity contribution in [3.8, 4) is 0 Å². The molecule has 1 fully saturated rings. The summed E-state index contributed by atoms with van der Waals surface area (Å²) in [5.74, 6) is -0.178. The molecule has 2 N–H and O–H groups in total. The topological polar surface area (TPSA) is 70.7 Å². The molecule has 0 aliphatic carbocycles. The first-order valence-corrected chi connectivity index (χ1v) is 10.6. The number of rotatable bonds is 8. The lowest BCUT2D eigenvalue weighted by Crippen LogP contribution is -2.47. The second-order valence-electron chi connectivity index (χ2n) is 7.76. The van der Waals surface area contributed by atoms with Gasteiger partial charge in [-0.3, -0.25) is 14.5 Å². The van der Waals surface area contributed by atoms with Crippen molar-refractivity contribution in [2.24, 2.45) is 0 Å². The van der Waals surface area contributed by atoms with Crippen LogP contribution in [-0.4, -0.2) is 49.1 Å². The summed E-state index contributed by atoms with van der Waals surface area (Å²) in [4.78, 5) is 25.9. The number of benzene rings is 2. The van der Waals surface area contributed by atoms with E-state index in [4.69, 9.17) is 4.74 Å². The summed E-state index contributed by atoms with van der Waals surface area (Å²) in [5.41, 5.74) is 4.21. The van der Waals surface area contributed by atoms with E-state index < -0.39 is 0 Å². The third-order valence-electron chi connectivity index (χ3n) is 5.20. The Balaban J connectivity index is 1.44. The van der Waals surface area contributed by atoms with Crippen LogP contribution in [0.1, 0.15) is 30.5 Å². The first-order valence-electron chi connectivity index (χ1n) is 10.6. The van der Waals surface area contributed by atoms with E-state index in [1.807, 2.05) is 24.3 Å². The maximum atomic E-state index is 12.4. The molecule has 6 heteroatoms. The van der Waals surface area contributed by atoms with E-state index in [1.54, 1.807) is 0 Å². The van der Waals surface area contributed by atoms with Crippen molar-refractivity contribution in [2.75, 3.05) is 31.6 Å². The lowest BCUT2D eigenvalue weighted by molar-refractivity contribution is -0.121. The minimum Gasteiger partial charge on any atom is -0.374 e. The molecule has 3 rings (SSSR count). The van der Waals surface area contributed by atoms with E-state index in [1.165, 1.54) is 18.1 Å². The Labute approximate surface area is 178 Å². The highest BCUT2D eigenvalue weighted by Gasteiger charge is 2.21. The van der Waals surface area contributed by atoms with Crippen LogP contribution in [0, 0.1) is 0 Å². The van der Waals surface area contributed by atoms with Crippen molar-refractivity contribution in [1.82, 2.24) is 10.2 Å². The van der Waals surface area contributed by atoms with Crippen LogP contribution in [0.4, 0.5) is 5.69 Å². The Morgan fingerprint density at radius 3 is 2.60 bits per heavy atom. The number of nitrogens with one attached hydrogen (secondary N) is 2. The number of aryl methyl sites for hydroxylation is 1. The predicted molar refractivity (Wildman–Crippen MR) is 118 cm³/mol. The van der Waals surface area contributed by atoms with Gasteiger partial charge in [-0.05, 0) is 35.2 Å². The molecule has 2 amide bonds. The highest BCUT2D eigenvalue weighted by Crippen LogP contribution is 2.13. The van der Waals surface area contributed by atoms with Crippen LogP contribution in [0.15, 0.2) is 48.5 Å². The summed E-state index contributed by atoms with van der Waals surface area (Å²) < 4.78 is 5.84. The number of anilines is 1. The van der Waals surface area contributed by atoms with Crippen LogP contribution in [0.25, 0.3) is 0 Å². The van der Waals surface area contributed by atoms with E-state index in [9.17, 15) is 9.59 Å². The largest absolute Gasteiger partial charge is 0.374 e. The Kier molecular flexibility index (Phi) is 7.99. The fourth-order valence-electron chi connectivity index (χ4n) is 3.62. The summed E-state index contributed by atoms with van der Waals surface area (Å²) in [7, 11) is 0. The van der Waals surface area contributed by atoms with Gasteiger partial charge in [-0.1, -0.05) is 43.3 Å². The molecule has 6 nitrogen and oxygen atoms in total. The van der Waals surface area contributed by atoms with Crippen LogP contribution in [0.2, 0.25) is 0 Å². The SMILES string of the molecule is CCc1ccc(CN2CCO[C@@H](CNC(=O)Cc3cccc(NC(C)=O)c3)C2)cc1. The standard InChI is InChI=1S/C24H31N3O3/c1-3-19-7-9-20(10-8-19)16-27-11-12-30-23(17-27)15-25-24(29)14-21-5-4-6-22(13-21)26-18(2)28/h4-10,13,23H,3,11-12,14-17H2,1-2H3,(H,25,29)(H,26,28)/t23-/m0/s1.